The van der Waals surface area contributed by atoms with Crippen molar-refractivity contribution in [3.63, 3.8) is 0 Å². The zero-order valence-electron chi connectivity index (χ0n) is 9.19. The predicted molar refractivity (Wildman–Crippen MR) is 69.2 cm³/mol. The first-order chi connectivity index (χ1) is 8.70. The van der Waals surface area contributed by atoms with Crippen LogP contribution in [-0.2, 0) is 0 Å². The summed E-state index contributed by atoms with van der Waals surface area (Å²) in [4.78, 5) is 0. The Bertz CT molecular complexity index is 592. The average molecular weight is 307 g/mol. The summed E-state index contributed by atoms with van der Waals surface area (Å²) in [5.74, 6) is 0.126. The number of nitrogens with one attached hydrogen (secondary N) is 1. The van der Waals surface area contributed by atoms with Crippen LogP contribution in [0.15, 0.2) is 34.8 Å². The maximum absolute atomic E-state index is 13.6. The molecule has 0 radical (unpaired) electrons. The Morgan fingerprint density at radius 3 is 2.78 bits per heavy atom. The number of hydrogen-bond donors (Lipinski definition) is 1. The van der Waals surface area contributed by atoms with E-state index in [1.165, 1.54) is 6.07 Å². The second kappa shape index (κ2) is 5.56. The molecule has 0 atom stereocenters. The Hall–Kier alpha value is -2.00. The van der Waals surface area contributed by atoms with Crippen LogP contribution in [0.3, 0.4) is 0 Å². The first kappa shape index (κ1) is 12.5. The van der Waals surface area contributed by atoms with Crippen molar-refractivity contribution in [1.29, 1.82) is 5.26 Å². The zero-order valence-corrected chi connectivity index (χ0v) is 10.8. The quantitative estimate of drug-likeness (QED) is 0.886. The van der Waals surface area contributed by atoms with Gasteiger partial charge >= 0.3 is 0 Å². The van der Waals surface area contributed by atoms with Crippen LogP contribution in [0.25, 0.3) is 11.3 Å². The third kappa shape index (κ3) is 2.81. The molecule has 2 aromatic rings. The van der Waals surface area contributed by atoms with Crippen molar-refractivity contribution in [3.8, 4) is 17.3 Å². The standard InChI is InChI=1S/C12H8BrFN4/c13-8-1-2-10(14)9(7-8)11-3-4-12(18-17-11)16-6-5-15/h1-4,7H,6H2,(H,16,18). The normalized spacial score (nSPS) is 9.83. The third-order valence-corrected chi connectivity index (χ3v) is 2.71. The van der Waals surface area contributed by atoms with E-state index in [2.05, 4.69) is 31.4 Å². The maximum Gasteiger partial charge on any atom is 0.149 e. The highest BCUT2D eigenvalue weighted by Gasteiger charge is 2.07. The van der Waals surface area contributed by atoms with Crippen molar-refractivity contribution in [2.24, 2.45) is 0 Å². The topological polar surface area (TPSA) is 61.6 Å². The molecule has 0 bridgehead atoms. The lowest BCUT2D eigenvalue weighted by molar-refractivity contribution is 0.630. The van der Waals surface area contributed by atoms with E-state index >= 15 is 0 Å². The monoisotopic (exact) mass is 306 g/mol. The van der Waals surface area contributed by atoms with Crippen LogP contribution in [0.2, 0.25) is 0 Å². The number of halogens is 2. The van der Waals surface area contributed by atoms with E-state index in [4.69, 9.17) is 5.26 Å². The van der Waals surface area contributed by atoms with Crippen LogP contribution >= 0.6 is 15.9 Å². The lowest BCUT2D eigenvalue weighted by Crippen LogP contribution is -2.02. The lowest BCUT2D eigenvalue weighted by Gasteiger charge is -2.04. The number of hydrogen-bond acceptors (Lipinski definition) is 4. The van der Waals surface area contributed by atoms with Gasteiger partial charge in [-0.1, -0.05) is 15.9 Å². The molecule has 6 heteroatoms. The minimum Gasteiger partial charge on any atom is -0.356 e. The summed E-state index contributed by atoms with van der Waals surface area (Å²) in [6, 6.07) is 9.86. The fourth-order valence-electron chi connectivity index (χ4n) is 1.39. The second-order valence-electron chi connectivity index (χ2n) is 3.44. The van der Waals surface area contributed by atoms with Crippen LogP contribution in [-0.4, -0.2) is 16.7 Å². The minimum atomic E-state index is -0.356. The highest BCUT2D eigenvalue weighted by Crippen LogP contribution is 2.24. The molecule has 1 heterocycles. The van der Waals surface area contributed by atoms with Gasteiger partial charge in [0.25, 0.3) is 0 Å². The van der Waals surface area contributed by atoms with E-state index in [0.717, 1.165) is 4.47 Å². The van der Waals surface area contributed by atoms with Gasteiger partial charge in [0, 0.05) is 10.0 Å². The molecule has 0 unspecified atom stereocenters. The van der Waals surface area contributed by atoms with Crippen molar-refractivity contribution in [3.05, 3.63) is 40.6 Å². The summed E-state index contributed by atoms with van der Waals surface area (Å²) in [6.07, 6.45) is 0. The molecule has 0 aliphatic carbocycles. The van der Waals surface area contributed by atoms with Gasteiger partial charge in [0.15, 0.2) is 0 Å². The van der Waals surface area contributed by atoms with E-state index in [1.54, 1.807) is 24.3 Å². The summed E-state index contributed by atoms with van der Waals surface area (Å²) in [5, 5.41) is 19.0. The van der Waals surface area contributed by atoms with E-state index in [1.807, 2.05) is 6.07 Å². The van der Waals surface area contributed by atoms with Gasteiger partial charge in [-0.25, -0.2) is 4.39 Å². The first-order valence-corrected chi connectivity index (χ1v) is 5.90. The van der Waals surface area contributed by atoms with E-state index in [-0.39, 0.29) is 12.4 Å². The largest absolute Gasteiger partial charge is 0.356 e. The average Bonchev–Trinajstić information content (AvgIpc) is 2.40. The Kier molecular flexibility index (Phi) is 3.85. The second-order valence-corrected chi connectivity index (χ2v) is 4.36. The van der Waals surface area contributed by atoms with Crippen LogP contribution < -0.4 is 5.32 Å². The van der Waals surface area contributed by atoms with E-state index < -0.39 is 0 Å². The fourth-order valence-corrected chi connectivity index (χ4v) is 1.76. The summed E-state index contributed by atoms with van der Waals surface area (Å²) in [6.45, 7) is 0.152. The molecule has 0 fully saturated rings. The highest BCUT2D eigenvalue weighted by molar-refractivity contribution is 9.10. The van der Waals surface area contributed by atoms with Crippen molar-refractivity contribution in [2.45, 2.75) is 0 Å². The molecule has 1 N–H and O–H groups in total. The smallest absolute Gasteiger partial charge is 0.149 e. The summed E-state index contributed by atoms with van der Waals surface area (Å²) in [5.41, 5.74) is 0.819. The van der Waals surface area contributed by atoms with Gasteiger partial charge in [0.2, 0.25) is 0 Å². The Labute approximate surface area is 112 Å². The third-order valence-electron chi connectivity index (χ3n) is 2.22. The van der Waals surface area contributed by atoms with Gasteiger partial charge in [0.1, 0.15) is 18.2 Å². The van der Waals surface area contributed by atoms with Crippen LogP contribution in [0.1, 0.15) is 0 Å². The van der Waals surface area contributed by atoms with Crippen LogP contribution in [0.4, 0.5) is 10.2 Å². The zero-order chi connectivity index (χ0) is 13.0. The highest BCUT2D eigenvalue weighted by atomic mass is 79.9. The van der Waals surface area contributed by atoms with Gasteiger partial charge in [-0.3, -0.25) is 0 Å². The molecule has 0 aliphatic rings. The Morgan fingerprint density at radius 1 is 1.28 bits per heavy atom. The molecule has 0 amide bonds. The molecular formula is C12H8BrFN4. The van der Waals surface area contributed by atoms with Gasteiger partial charge in [-0.05, 0) is 30.3 Å². The molecule has 0 saturated heterocycles. The summed E-state index contributed by atoms with van der Waals surface area (Å²) >= 11 is 3.28. The van der Waals surface area contributed by atoms with Gasteiger partial charge < -0.3 is 5.32 Å². The summed E-state index contributed by atoms with van der Waals surface area (Å²) in [7, 11) is 0. The minimum absolute atomic E-state index is 0.152. The van der Waals surface area contributed by atoms with Crippen molar-refractivity contribution < 1.29 is 4.39 Å². The number of aromatic nitrogens is 2. The molecular weight excluding hydrogens is 299 g/mol. The van der Waals surface area contributed by atoms with Crippen molar-refractivity contribution in [2.75, 3.05) is 11.9 Å². The molecule has 4 nitrogen and oxygen atoms in total. The summed E-state index contributed by atoms with van der Waals surface area (Å²) < 4.78 is 14.4. The maximum atomic E-state index is 13.6. The van der Waals surface area contributed by atoms with Crippen molar-refractivity contribution in [1.82, 2.24) is 10.2 Å². The molecule has 2 rings (SSSR count). The molecule has 1 aromatic carbocycles. The SMILES string of the molecule is N#CCNc1ccc(-c2cc(Br)ccc2F)nn1. The number of anilines is 1. The molecule has 0 spiro atoms. The number of nitriles is 1. The Balaban J connectivity index is 2.29. The molecule has 18 heavy (non-hydrogen) atoms. The van der Waals surface area contributed by atoms with Gasteiger partial charge in [-0.15, -0.1) is 10.2 Å². The lowest BCUT2D eigenvalue weighted by atomic mass is 10.1. The first-order valence-electron chi connectivity index (χ1n) is 5.10. The number of rotatable bonds is 3. The number of benzene rings is 1. The Morgan fingerprint density at radius 2 is 2.11 bits per heavy atom. The van der Waals surface area contributed by atoms with Crippen molar-refractivity contribution >= 4 is 21.7 Å². The van der Waals surface area contributed by atoms with Crippen LogP contribution in [0, 0.1) is 17.1 Å². The van der Waals surface area contributed by atoms with E-state index in [9.17, 15) is 4.39 Å². The fraction of sp³-hybridized carbons (Fsp3) is 0.0833. The number of nitrogens with zero attached hydrogens (tertiary/aromatic N) is 3. The molecule has 1 aromatic heterocycles. The predicted octanol–water partition coefficient (Wildman–Crippen LogP) is 2.98. The van der Waals surface area contributed by atoms with Gasteiger partial charge in [-0.2, -0.15) is 5.26 Å². The molecule has 90 valence electrons. The van der Waals surface area contributed by atoms with E-state index in [0.29, 0.717) is 17.1 Å². The van der Waals surface area contributed by atoms with Crippen LogP contribution in [0.5, 0.6) is 0 Å². The molecule has 0 aliphatic heterocycles. The molecule has 0 saturated carbocycles. The van der Waals surface area contributed by atoms with Gasteiger partial charge in [0.05, 0.1) is 11.8 Å².